The van der Waals surface area contributed by atoms with E-state index in [1.165, 1.54) is 0 Å². The second kappa shape index (κ2) is 4.07. The molecule has 4 heteroatoms. The van der Waals surface area contributed by atoms with Gasteiger partial charge in [-0.25, -0.2) is 0 Å². The zero-order chi connectivity index (χ0) is 9.90. The topological polar surface area (TPSA) is 44.8 Å². The van der Waals surface area contributed by atoms with Crippen LogP contribution in [-0.2, 0) is 19.0 Å². The minimum atomic E-state index is -0.460. The van der Waals surface area contributed by atoms with E-state index in [0.717, 1.165) is 0 Å². The summed E-state index contributed by atoms with van der Waals surface area (Å²) in [7, 11) is 0. The van der Waals surface area contributed by atoms with E-state index in [9.17, 15) is 4.79 Å². The van der Waals surface area contributed by atoms with Crippen molar-refractivity contribution in [3.8, 4) is 0 Å². The van der Waals surface area contributed by atoms with Crippen molar-refractivity contribution in [2.45, 2.75) is 27.1 Å². The van der Waals surface area contributed by atoms with Gasteiger partial charge in [0.05, 0.1) is 18.6 Å². The van der Waals surface area contributed by atoms with Crippen LogP contribution in [0.5, 0.6) is 0 Å². The highest BCUT2D eigenvalue weighted by atomic mass is 16.7. The average molecular weight is 188 g/mol. The monoisotopic (exact) mass is 188 g/mol. The minimum absolute atomic E-state index is 0.191. The molecule has 1 heterocycles. The first-order valence-electron chi connectivity index (χ1n) is 4.40. The molecule has 13 heavy (non-hydrogen) atoms. The number of esters is 1. The van der Waals surface area contributed by atoms with Crippen LogP contribution in [0.15, 0.2) is 0 Å². The van der Waals surface area contributed by atoms with Crippen molar-refractivity contribution < 1.29 is 19.0 Å². The van der Waals surface area contributed by atoms with E-state index in [0.29, 0.717) is 13.2 Å². The Bertz CT molecular complexity index is 177. The van der Waals surface area contributed by atoms with Crippen molar-refractivity contribution in [1.82, 2.24) is 0 Å². The molecule has 1 aliphatic heterocycles. The maximum absolute atomic E-state index is 11.3. The molecule has 76 valence electrons. The summed E-state index contributed by atoms with van der Waals surface area (Å²) in [6.07, 6.45) is -0.369. The van der Waals surface area contributed by atoms with Crippen LogP contribution in [0.2, 0.25) is 0 Å². The fraction of sp³-hybridized carbons (Fsp3) is 0.889. The van der Waals surface area contributed by atoms with Gasteiger partial charge in [0.15, 0.2) is 6.29 Å². The van der Waals surface area contributed by atoms with Crippen LogP contribution >= 0.6 is 0 Å². The first-order chi connectivity index (χ1) is 6.00. The molecular formula is C9H16O4. The van der Waals surface area contributed by atoms with Gasteiger partial charge < -0.3 is 14.2 Å². The number of hydrogen-bond acceptors (Lipinski definition) is 4. The predicted molar refractivity (Wildman–Crippen MR) is 46.1 cm³/mol. The lowest BCUT2D eigenvalue weighted by Crippen LogP contribution is -2.27. The molecule has 1 saturated heterocycles. The maximum Gasteiger partial charge on any atom is 0.311 e. The molecule has 0 spiro atoms. The molecule has 4 nitrogen and oxygen atoms in total. The highest BCUT2D eigenvalue weighted by Crippen LogP contribution is 2.16. The molecule has 1 aliphatic rings. The van der Waals surface area contributed by atoms with E-state index in [-0.39, 0.29) is 18.9 Å². The number of carbonyl (C=O) groups is 1. The number of carbonyl (C=O) groups excluding carboxylic acids is 1. The van der Waals surface area contributed by atoms with Crippen LogP contribution in [-0.4, -0.2) is 32.1 Å². The van der Waals surface area contributed by atoms with Gasteiger partial charge in [0.25, 0.3) is 0 Å². The molecule has 0 saturated carbocycles. The van der Waals surface area contributed by atoms with Crippen molar-refractivity contribution in [2.75, 3.05) is 19.8 Å². The van der Waals surface area contributed by atoms with Gasteiger partial charge in [-0.15, -0.1) is 0 Å². The van der Waals surface area contributed by atoms with Gasteiger partial charge in [0.1, 0.15) is 6.61 Å². The first kappa shape index (κ1) is 10.5. The summed E-state index contributed by atoms with van der Waals surface area (Å²) in [5.41, 5.74) is -0.460. The summed E-state index contributed by atoms with van der Waals surface area (Å²) in [4.78, 5) is 11.3. The molecular weight excluding hydrogens is 172 g/mol. The van der Waals surface area contributed by atoms with Gasteiger partial charge in [0, 0.05) is 0 Å². The summed E-state index contributed by atoms with van der Waals surface area (Å²) in [5.74, 6) is -0.230. The Hall–Kier alpha value is -0.610. The molecule has 1 rings (SSSR count). The second-order valence-corrected chi connectivity index (χ2v) is 4.02. The van der Waals surface area contributed by atoms with E-state index in [2.05, 4.69) is 0 Å². The van der Waals surface area contributed by atoms with E-state index in [4.69, 9.17) is 14.2 Å². The lowest BCUT2D eigenvalue weighted by Gasteiger charge is -2.17. The third kappa shape index (κ3) is 3.32. The Labute approximate surface area is 78.2 Å². The SMILES string of the molecule is CC(C)(C)C(=O)OCC1OCCO1. The lowest BCUT2D eigenvalue weighted by molar-refractivity contribution is -0.164. The third-order valence-electron chi connectivity index (χ3n) is 1.65. The molecule has 0 bridgehead atoms. The number of hydrogen-bond donors (Lipinski definition) is 0. The van der Waals surface area contributed by atoms with Crippen molar-refractivity contribution in [2.24, 2.45) is 5.41 Å². The molecule has 0 amide bonds. The van der Waals surface area contributed by atoms with Crippen LogP contribution in [0.1, 0.15) is 20.8 Å². The zero-order valence-electron chi connectivity index (χ0n) is 8.33. The maximum atomic E-state index is 11.3. The zero-order valence-corrected chi connectivity index (χ0v) is 8.33. The van der Waals surface area contributed by atoms with Crippen LogP contribution in [0.25, 0.3) is 0 Å². The number of ether oxygens (including phenoxy) is 3. The Morgan fingerprint density at radius 1 is 1.38 bits per heavy atom. The summed E-state index contributed by atoms with van der Waals surface area (Å²) < 4.78 is 15.2. The quantitative estimate of drug-likeness (QED) is 0.605. The van der Waals surface area contributed by atoms with Gasteiger partial charge in [-0.05, 0) is 20.8 Å². The van der Waals surface area contributed by atoms with Gasteiger partial charge in [-0.2, -0.15) is 0 Å². The Morgan fingerprint density at radius 2 is 1.92 bits per heavy atom. The van der Waals surface area contributed by atoms with Crippen molar-refractivity contribution in [3.63, 3.8) is 0 Å². The molecule has 0 radical (unpaired) electrons. The largest absolute Gasteiger partial charge is 0.460 e. The van der Waals surface area contributed by atoms with Crippen molar-refractivity contribution >= 4 is 5.97 Å². The van der Waals surface area contributed by atoms with Gasteiger partial charge in [-0.3, -0.25) is 4.79 Å². The van der Waals surface area contributed by atoms with Crippen LogP contribution < -0.4 is 0 Å². The summed E-state index contributed by atoms with van der Waals surface area (Å²) in [6.45, 7) is 6.79. The molecule has 0 aliphatic carbocycles. The molecule has 0 aromatic heterocycles. The van der Waals surface area contributed by atoms with E-state index >= 15 is 0 Å². The lowest BCUT2D eigenvalue weighted by atomic mass is 9.97. The summed E-state index contributed by atoms with van der Waals surface area (Å²) in [6, 6.07) is 0. The molecule has 0 N–H and O–H groups in total. The summed E-state index contributed by atoms with van der Waals surface area (Å²) >= 11 is 0. The second-order valence-electron chi connectivity index (χ2n) is 4.02. The molecule has 1 fully saturated rings. The van der Waals surface area contributed by atoms with Gasteiger partial charge in [-0.1, -0.05) is 0 Å². The molecule has 0 aromatic carbocycles. The number of rotatable bonds is 2. The van der Waals surface area contributed by atoms with Gasteiger partial charge >= 0.3 is 5.97 Å². The average Bonchev–Trinajstić information content (AvgIpc) is 2.50. The van der Waals surface area contributed by atoms with Crippen LogP contribution in [0.3, 0.4) is 0 Å². The molecule has 0 atom stereocenters. The van der Waals surface area contributed by atoms with Crippen molar-refractivity contribution in [3.05, 3.63) is 0 Å². The van der Waals surface area contributed by atoms with E-state index in [1.54, 1.807) is 0 Å². The predicted octanol–water partition coefficient (Wildman–Crippen LogP) is 0.949. The Balaban J connectivity index is 2.22. The summed E-state index contributed by atoms with van der Waals surface area (Å²) in [5, 5.41) is 0. The van der Waals surface area contributed by atoms with E-state index < -0.39 is 5.41 Å². The van der Waals surface area contributed by atoms with Crippen molar-refractivity contribution in [1.29, 1.82) is 0 Å². The smallest absolute Gasteiger partial charge is 0.311 e. The fourth-order valence-electron chi connectivity index (χ4n) is 0.864. The Kier molecular flexibility index (Phi) is 3.27. The standard InChI is InChI=1S/C9H16O4/c1-9(2,3)8(10)13-6-7-11-4-5-12-7/h7H,4-6H2,1-3H3. The Morgan fingerprint density at radius 3 is 2.38 bits per heavy atom. The van der Waals surface area contributed by atoms with Crippen LogP contribution in [0, 0.1) is 5.41 Å². The van der Waals surface area contributed by atoms with E-state index in [1.807, 2.05) is 20.8 Å². The molecule has 0 unspecified atom stereocenters. The first-order valence-corrected chi connectivity index (χ1v) is 4.40. The highest BCUT2D eigenvalue weighted by Gasteiger charge is 2.25. The van der Waals surface area contributed by atoms with Crippen LogP contribution in [0.4, 0.5) is 0 Å². The normalized spacial score (nSPS) is 19.0. The fourth-order valence-corrected chi connectivity index (χ4v) is 0.864. The third-order valence-corrected chi connectivity index (χ3v) is 1.65. The van der Waals surface area contributed by atoms with Gasteiger partial charge in [0.2, 0.25) is 0 Å². The highest BCUT2D eigenvalue weighted by molar-refractivity contribution is 5.75. The molecule has 0 aromatic rings. The minimum Gasteiger partial charge on any atom is -0.460 e.